The van der Waals surface area contributed by atoms with Gasteiger partial charge in [-0.1, -0.05) is 172 Å². The summed E-state index contributed by atoms with van der Waals surface area (Å²) in [5.74, 6) is 0. The van der Waals surface area contributed by atoms with E-state index in [2.05, 4.69) is 196 Å². The largest absolute Gasteiger partial charge is 0.135 e. The number of hydrogen-bond donors (Lipinski definition) is 0. The van der Waals surface area contributed by atoms with E-state index < -0.39 is 0 Å². The first-order valence-electron chi connectivity index (χ1n) is 19.6. The minimum atomic E-state index is -0.132. The van der Waals surface area contributed by atoms with Gasteiger partial charge in [0.25, 0.3) is 0 Å². The molecule has 262 valence electrons. The molecule has 10 aromatic carbocycles. The molecule has 1 heteroatoms. The Morgan fingerprint density at radius 1 is 0.375 bits per heavy atom. The van der Waals surface area contributed by atoms with Crippen LogP contribution in [-0.2, 0) is 5.41 Å². The topological polar surface area (TPSA) is 0 Å². The molecule has 0 aliphatic heterocycles. The molecule has 1 aromatic heterocycles. The molecule has 1 aliphatic rings. The Balaban J connectivity index is 0.966. The Morgan fingerprint density at radius 3 is 1.62 bits per heavy atom. The number of hydrogen-bond acceptors (Lipinski definition) is 1. The number of rotatable bonds is 3. The van der Waals surface area contributed by atoms with Gasteiger partial charge < -0.3 is 0 Å². The van der Waals surface area contributed by atoms with Gasteiger partial charge in [-0.15, -0.1) is 11.3 Å². The molecule has 0 atom stereocenters. The average Bonchev–Trinajstić information content (AvgIpc) is 3.74. The van der Waals surface area contributed by atoms with Crippen LogP contribution in [0.2, 0.25) is 0 Å². The Kier molecular flexibility index (Phi) is 6.66. The Bertz CT molecular complexity index is 3380. The molecule has 0 radical (unpaired) electrons. The lowest BCUT2D eigenvalue weighted by Gasteiger charge is -2.23. The molecule has 0 N–H and O–H groups in total. The highest BCUT2D eigenvalue weighted by Gasteiger charge is 2.38. The standard InChI is InChI=1S/C55H36S/c1-55(2)48-32-38(25-26-41(48)46-28-29-49-52(53(46)55)47-27-24-33-12-6-7-15-40(33)54(47)56-49)36-20-21-37-31-39(23-22-35(37)30-36)51-44-18-10-8-16-42(44)50(34-13-4-3-5-14-34)43-17-9-11-19-45(43)51/h3-32H,1-2H3. The van der Waals surface area contributed by atoms with E-state index in [0.717, 1.165) is 0 Å². The van der Waals surface area contributed by atoms with Crippen LogP contribution in [0.25, 0.3) is 108 Å². The highest BCUT2D eigenvalue weighted by molar-refractivity contribution is 7.26. The van der Waals surface area contributed by atoms with Crippen LogP contribution < -0.4 is 0 Å². The van der Waals surface area contributed by atoms with Crippen LogP contribution in [-0.4, -0.2) is 0 Å². The maximum Gasteiger partial charge on any atom is 0.0433 e. The van der Waals surface area contributed by atoms with Crippen LogP contribution in [0.15, 0.2) is 182 Å². The second-order valence-electron chi connectivity index (χ2n) is 16.0. The normalized spacial score (nSPS) is 13.3. The summed E-state index contributed by atoms with van der Waals surface area (Å²) >= 11 is 1.94. The molecule has 0 saturated carbocycles. The van der Waals surface area contributed by atoms with Gasteiger partial charge in [-0.05, 0) is 123 Å². The van der Waals surface area contributed by atoms with Crippen molar-refractivity contribution in [1.82, 2.24) is 0 Å². The van der Waals surface area contributed by atoms with E-state index in [4.69, 9.17) is 0 Å². The fraction of sp³-hybridized carbons (Fsp3) is 0.0545. The van der Waals surface area contributed by atoms with Gasteiger partial charge in [0.15, 0.2) is 0 Å². The van der Waals surface area contributed by atoms with Gasteiger partial charge in [-0.25, -0.2) is 0 Å². The van der Waals surface area contributed by atoms with Gasteiger partial charge in [0.2, 0.25) is 0 Å². The van der Waals surface area contributed by atoms with Crippen molar-refractivity contribution in [1.29, 1.82) is 0 Å². The Morgan fingerprint density at radius 2 is 0.911 bits per heavy atom. The lowest BCUT2D eigenvalue weighted by Crippen LogP contribution is -2.15. The summed E-state index contributed by atoms with van der Waals surface area (Å²) in [6, 6.07) is 68.0. The summed E-state index contributed by atoms with van der Waals surface area (Å²) in [5, 5.41) is 13.1. The third-order valence-corrected chi connectivity index (χ3v) is 13.8. The predicted octanol–water partition coefficient (Wildman–Crippen LogP) is 16.0. The number of fused-ring (bicyclic) bond motifs is 12. The van der Waals surface area contributed by atoms with Crippen molar-refractivity contribution in [3.63, 3.8) is 0 Å². The van der Waals surface area contributed by atoms with Crippen molar-refractivity contribution in [2.24, 2.45) is 0 Å². The summed E-state index contributed by atoms with van der Waals surface area (Å²) in [7, 11) is 0. The summed E-state index contributed by atoms with van der Waals surface area (Å²) < 4.78 is 2.77. The molecule has 0 fully saturated rings. The van der Waals surface area contributed by atoms with E-state index in [-0.39, 0.29) is 5.41 Å². The third kappa shape index (κ3) is 4.47. The predicted molar refractivity (Wildman–Crippen MR) is 243 cm³/mol. The van der Waals surface area contributed by atoms with Crippen molar-refractivity contribution < 1.29 is 0 Å². The fourth-order valence-corrected chi connectivity index (χ4v) is 11.3. The first-order chi connectivity index (χ1) is 27.5. The minimum absolute atomic E-state index is 0.132. The molecule has 12 rings (SSSR count). The van der Waals surface area contributed by atoms with Gasteiger partial charge in [-0.3, -0.25) is 0 Å². The van der Waals surface area contributed by atoms with Crippen molar-refractivity contribution in [3.05, 3.63) is 193 Å². The van der Waals surface area contributed by atoms with E-state index >= 15 is 0 Å². The summed E-state index contributed by atoms with van der Waals surface area (Å²) in [6.07, 6.45) is 0. The van der Waals surface area contributed by atoms with Crippen LogP contribution in [0.4, 0.5) is 0 Å². The average molecular weight is 729 g/mol. The quantitative estimate of drug-likeness (QED) is 0.159. The number of thiophene rings is 1. The maximum atomic E-state index is 2.47. The van der Waals surface area contributed by atoms with Crippen LogP contribution in [0.5, 0.6) is 0 Å². The lowest BCUT2D eigenvalue weighted by molar-refractivity contribution is 0.667. The SMILES string of the molecule is CC1(C)c2cc(-c3ccc4cc(-c5c6ccccc6c(-c6ccccc6)c6ccccc56)ccc4c3)ccc2-c2ccc3sc4c5ccccc5ccc4c3c21. The molecule has 0 spiro atoms. The molecule has 1 aliphatic carbocycles. The first-order valence-corrected chi connectivity index (χ1v) is 20.4. The first kappa shape index (κ1) is 31.8. The molecule has 0 nitrogen and oxygen atoms in total. The highest BCUT2D eigenvalue weighted by Crippen LogP contribution is 2.55. The van der Waals surface area contributed by atoms with Gasteiger partial charge >= 0.3 is 0 Å². The zero-order valence-electron chi connectivity index (χ0n) is 31.2. The molecule has 0 amide bonds. The molecular weight excluding hydrogens is 693 g/mol. The number of benzene rings is 10. The molecule has 1 heterocycles. The van der Waals surface area contributed by atoms with E-state index in [1.807, 2.05) is 11.3 Å². The van der Waals surface area contributed by atoms with E-state index in [1.54, 1.807) is 0 Å². The zero-order chi connectivity index (χ0) is 37.1. The Hall–Kier alpha value is -6.54. The molecular formula is C55H36S. The summed E-state index contributed by atoms with van der Waals surface area (Å²) in [6.45, 7) is 4.85. The molecule has 0 unspecified atom stereocenters. The van der Waals surface area contributed by atoms with Crippen LogP contribution in [0.1, 0.15) is 25.0 Å². The lowest BCUT2D eigenvalue weighted by atomic mass is 9.79. The minimum Gasteiger partial charge on any atom is -0.135 e. The maximum absolute atomic E-state index is 2.47. The van der Waals surface area contributed by atoms with Crippen LogP contribution >= 0.6 is 11.3 Å². The van der Waals surface area contributed by atoms with Gasteiger partial charge in [-0.2, -0.15) is 0 Å². The van der Waals surface area contributed by atoms with E-state index in [1.165, 1.54) is 119 Å². The van der Waals surface area contributed by atoms with E-state index in [9.17, 15) is 0 Å². The highest BCUT2D eigenvalue weighted by atomic mass is 32.1. The van der Waals surface area contributed by atoms with Crippen molar-refractivity contribution >= 4 is 74.6 Å². The summed E-state index contributed by atoms with van der Waals surface area (Å²) in [4.78, 5) is 0. The van der Waals surface area contributed by atoms with Crippen molar-refractivity contribution in [2.45, 2.75) is 19.3 Å². The molecule has 11 aromatic rings. The summed E-state index contributed by atoms with van der Waals surface area (Å²) in [5.41, 5.74) is 13.1. The second-order valence-corrected chi connectivity index (χ2v) is 17.0. The molecule has 0 saturated heterocycles. The van der Waals surface area contributed by atoms with E-state index in [0.29, 0.717) is 0 Å². The second kappa shape index (κ2) is 11.7. The van der Waals surface area contributed by atoms with Crippen molar-refractivity contribution in [3.8, 4) is 44.5 Å². The fourth-order valence-electron chi connectivity index (χ4n) is 10.0. The zero-order valence-corrected chi connectivity index (χ0v) is 32.0. The van der Waals surface area contributed by atoms with Crippen molar-refractivity contribution in [2.75, 3.05) is 0 Å². The smallest absolute Gasteiger partial charge is 0.0433 e. The van der Waals surface area contributed by atoms with Gasteiger partial charge in [0.05, 0.1) is 0 Å². The Labute approximate surface area is 329 Å². The third-order valence-electron chi connectivity index (χ3n) is 12.6. The van der Waals surface area contributed by atoms with Gasteiger partial charge in [0, 0.05) is 25.6 Å². The van der Waals surface area contributed by atoms with Crippen LogP contribution in [0.3, 0.4) is 0 Å². The van der Waals surface area contributed by atoms with Gasteiger partial charge in [0.1, 0.15) is 0 Å². The molecule has 56 heavy (non-hydrogen) atoms. The van der Waals surface area contributed by atoms with Crippen LogP contribution in [0, 0.1) is 0 Å². The molecule has 0 bridgehead atoms. The monoisotopic (exact) mass is 728 g/mol.